The van der Waals surface area contributed by atoms with E-state index in [1.54, 1.807) is 31.5 Å². The van der Waals surface area contributed by atoms with Gasteiger partial charge in [0.05, 0.1) is 23.5 Å². The summed E-state index contributed by atoms with van der Waals surface area (Å²) in [6, 6.07) is 13.1. The highest BCUT2D eigenvalue weighted by molar-refractivity contribution is 5.85. The quantitative estimate of drug-likeness (QED) is 0.788. The maximum absolute atomic E-state index is 9.43. The molecule has 4 nitrogen and oxygen atoms in total. The lowest BCUT2D eigenvalue weighted by Crippen LogP contribution is -1.95. The van der Waals surface area contributed by atoms with E-state index in [4.69, 9.17) is 4.74 Å². The molecule has 1 aromatic carbocycles. The van der Waals surface area contributed by atoms with Gasteiger partial charge in [0.1, 0.15) is 11.5 Å². The number of aromatic nitrogens is 2. The zero-order valence-electron chi connectivity index (χ0n) is 11.0. The van der Waals surface area contributed by atoms with E-state index in [0.29, 0.717) is 11.4 Å². The smallest absolute Gasteiger partial charge is 0.145 e. The van der Waals surface area contributed by atoms with E-state index in [2.05, 4.69) is 9.97 Å². The average Bonchev–Trinajstić information content (AvgIpc) is 2.48. The maximum atomic E-state index is 9.43. The molecule has 2 aromatic heterocycles. The zero-order valence-corrected chi connectivity index (χ0v) is 11.0. The fraction of sp³-hybridized carbons (Fsp3) is 0.125. The topological polar surface area (TPSA) is 55.2 Å². The summed E-state index contributed by atoms with van der Waals surface area (Å²) in [5.41, 5.74) is 1.51. The normalized spacial score (nSPS) is 12.3. The third-order valence-electron chi connectivity index (χ3n) is 3.02. The number of ether oxygens (including phenoxy) is 1. The largest absolute Gasteiger partial charge is 0.455 e. The van der Waals surface area contributed by atoms with Gasteiger partial charge in [-0.15, -0.1) is 0 Å². The van der Waals surface area contributed by atoms with Crippen molar-refractivity contribution in [2.45, 2.75) is 13.0 Å². The third-order valence-corrected chi connectivity index (χ3v) is 3.02. The van der Waals surface area contributed by atoms with Crippen LogP contribution in [0.5, 0.6) is 11.5 Å². The second-order valence-electron chi connectivity index (χ2n) is 4.52. The summed E-state index contributed by atoms with van der Waals surface area (Å²) in [6.45, 7) is 1.68. The number of aliphatic hydroxyl groups excluding tert-OH is 1. The predicted octanol–water partition coefficient (Wildman–Crippen LogP) is 3.48. The molecule has 0 aliphatic heterocycles. The van der Waals surface area contributed by atoms with Crippen LogP contribution in [0.1, 0.15) is 18.7 Å². The molecule has 0 aliphatic rings. The molecule has 0 amide bonds. The number of aliphatic hydroxyl groups is 1. The van der Waals surface area contributed by atoms with Gasteiger partial charge in [-0.1, -0.05) is 6.07 Å². The number of nitrogens with zero attached hydrogens (tertiary/aromatic N) is 2. The molecule has 1 N–H and O–H groups in total. The van der Waals surface area contributed by atoms with Gasteiger partial charge in [-0.2, -0.15) is 0 Å². The van der Waals surface area contributed by atoms with Crippen LogP contribution >= 0.6 is 0 Å². The summed E-state index contributed by atoms with van der Waals surface area (Å²) >= 11 is 0. The predicted molar refractivity (Wildman–Crippen MR) is 76.7 cm³/mol. The van der Waals surface area contributed by atoms with Crippen LogP contribution in [0.15, 0.2) is 54.9 Å². The molecule has 3 rings (SSSR count). The first-order valence-electron chi connectivity index (χ1n) is 6.39. The van der Waals surface area contributed by atoms with Crippen molar-refractivity contribution in [1.82, 2.24) is 9.97 Å². The first kappa shape index (κ1) is 12.6. The van der Waals surface area contributed by atoms with Crippen molar-refractivity contribution in [3.05, 3.63) is 60.6 Å². The highest BCUT2D eigenvalue weighted by Gasteiger charge is 2.06. The van der Waals surface area contributed by atoms with Crippen molar-refractivity contribution < 1.29 is 9.84 Å². The van der Waals surface area contributed by atoms with Crippen molar-refractivity contribution in [1.29, 1.82) is 0 Å². The van der Waals surface area contributed by atoms with Gasteiger partial charge in [0.25, 0.3) is 0 Å². The highest BCUT2D eigenvalue weighted by atomic mass is 16.5. The minimum atomic E-state index is -0.578. The van der Waals surface area contributed by atoms with Gasteiger partial charge in [0.15, 0.2) is 0 Å². The zero-order chi connectivity index (χ0) is 13.9. The van der Waals surface area contributed by atoms with Crippen LogP contribution < -0.4 is 4.74 Å². The summed E-state index contributed by atoms with van der Waals surface area (Å²) < 4.78 is 5.84. The molecule has 0 saturated heterocycles. The molecule has 20 heavy (non-hydrogen) atoms. The summed E-state index contributed by atoms with van der Waals surface area (Å²) in [5, 5.41) is 10.4. The van der Waals surface area contributed by atoms with Gasteiger partial charge in [-0.25, -0.2) is 0 Å². The van der Waals surface area contributed by atoms with Crippen LogP contribution in [0, 0.1) is 0 Å². The molecule has 3 aromatic rings. The first-order valence-corrected chi connectivity index (χ1v) is 6.39. The second-order valence-corrected chi connectivity index (χ2v) is 4.52. The summed E-state index contributed by atoms with van der Waals surface area (Å²) in [5.74, 6) is 1.37. The van der Waals surface area contributed by atoms with Crippen LogP contribution in [0.25, 0.3) is 10.9 Å². The standard InChI is InChI=1S/C16H14N2O2/c1-11(19)14-8-7-12(10-18-14)20-16-6-2-5-15-13(16)4-3-9-17-15/h2-11,19H,1H3/t11-/m1/s1. The fourth-order valence-corrected chi connectivity index (χ4v) is 1.99. The van der Waals surface area contributed by atoms with Gasteiger partial charge in [-0.05, 0) is 43.3 Å². The van der Waals surface area contributed by atoms with Crippen molar-refractivity contribution in [3.8, 4) is 11.5 Å². The van der Waals surface area contributed by atoms with Crippen molar-refractivity contribution in [2.24, 2.45) is 0 Å². The van der Waals surface area contributed by atoms with Crippen molar-refractivity contribution >= 4 is 10.9 Å². The number of hydrogen-bond acceptors (Lipinski definition) is 4. The summed E-state index contributed by atoms with van der Waals surface area (Å²) in [4.78, 5) is 8.46. The molecule has 0 spiro atoms. The average molecular weight is 266 g/mol. The Bertz CT molecular complexity index is 719. The molecule has 0 saturated carbocycles. The van der Waals surface area contributed by atoms with E-state index in [1.807, 2.05) is 30.3 Å². The SMILES string of the molecule is C[C@@H](O)c1ccc(Oc2cccc3ncccc23)cn1. The Kier molecular flexibility index (Phi) is 3.31. The van der Waals surface area contributed by atoms with E-state index in [9.17, 15) is 5.11 Å². The van der Waals surface area contributed by atoms with Crippen LogP contribution in [0.4, 0.5) is 0 Å². The number of benzene rings is 1. The summed E-state index contributed by atoms with van der Waals surface area (Å²) in [7, 11) is 0. The third kappa shape index (κ3) is 2.46. The van der Waals surface area contributed by atoms with E-state index in [-0.39, 0.29) is 0 Å². The monoisotopic (exact) mass is 266 g/mol. The van der Waals surface area contributed by atoms with Crippen LogP contribution in [0.3, 0.4) is 0 Å². The second kappa shape index (κ2) is 5.27. The summed E-state index contributed by atoms with van der Waals surface area (Å²) in [6.07, 6.45) is 2.79. The number of pyridine rings is 2. The molecule has 1 atom stereocenters. The molecule has 0 aliphatic carbocycles. The number of hydrogen-bond donors (Lipinski definition) is 1. The Morgan fingerprint density at radius 2 is 1.95 bits per heavy atom. The van der Waals surface area contributed by atoms with Gasteiger partial charge in [-0.3, -0.25) is 9.97 Å². The van der Waals surface area contributed by atoms with Gasteiger partial charge >= 0.3 is 0 Å². The van der Waals surface area contributed by atoms with E-state index in [1.165, 1.54) is 0 Å². The molecule has 0 bridgehead atoms. The molecule has 2 heterocycles. The molecule has 0 fully saturated rings. The van der Waals surface area contributed by atoms with Crippen molar-refractivity contribution in [2.75, 3.05) is 0 Å². The Hall–Kier alpha value is -2.46. The van der Waals surface area contributed by atoms with Gasteiger partial charge < -0.3 is 9.84 Å². The molecular weight excluding hydrogens is 252 g/mol. The molecule has 100 valence electrons. The van der Waals surface area contributed by atoms with E-state index in [0.717, 1.165) is 16.7 Å². The van der Waals surface area contributed by atoms with Crippen LogP contribution in [-0.2, 0) is 0 Å². The number of fused-ring (bicyclic) bond motifs is 1. The number of rotatable bonds is 3. The Morgan fingerprint density at radius 1 is 1.05 bits per heavy atom. The Labute approximate surface area is 116 Å². The van der Waals surface area contributed by atoms with Gasteiger partial charge in [0, 0.05) is 11.6 Å². The Morgan fingerprint density at radius 3 is 2.70 bits per heavy atom. The van der Waals surface area contributed by atoms with Gasteiger partial charge in [0.2, 0.25) is 0 Å². The molecule has 0 unspecified atom stereocenters. The maximum Gasteiger partial charge on any atom is 0.145 e. The Balaban J connectivity index is 1.93. The van der Waals surface area contributed by atoms with Crippen LogP contribution in [0.2, 0.25) is 0 Å². The first-order chi connectivity index (χ1) is 9.74. The van der Waals surface area contributed by atoms with Crippen molar-refractivity contribution in [3.63, 3.8) is 0 Å². The molecular formula is C16H14N2O2. The minimum Gasteiger partial charge on any atom is -0.455 e. The van der Waals surface area contributed by atoms with E-state index >= 15 is 0 Å². The highest BCUT2D eigenvalue weighted by Crippen LogP contribution is 2.28. The lowest BCUT2D eigenvalue weighted by atomic mass is 10.2. The lowest BCUT2D eigenvalue weighted by Gasteiger charge is -2.09. The molecule has 4 heteroatoms. The molecule has 0 radical (unpaired) electrons. The van der Waals surface area contributed by atoms with Crippen LogP contribution in [-0.4, -0.2) is 15.1 Å². The fourth-order valence-electron chi connectivity index (χ4n) is 1.99. The minimum absolute atomic E-state index is 0.578. The lowest BCUT2D eigenvalue weighted by molar-refractivity contribution is 0.194. The van der Waals surface area contributed by atoms with E-state index < -0.39 is 6.10 Å².